The molecule has 10 heteroatoms. The van der Waals surface area contributed by atoms with Crippen molar-refractivity contribution < 1.29 is 28.5 Å². The van der Waals surface area contributed by atoms with Crippen LogP contribution in [-0.4, -0.2) is 42.2 Å². The summed E-state index contributed by atoms with van der Waals surface area (Å²) in [6.45, 7) is 9.94. The number of benzene rings is 1. The lowest BCUT2D eigenvalue weighted by molar-refractivity contribution is -0.228. The molecule has 0 N–H and O–H groups in total. The van der Waals surface area contributed by atoms with Crippen molar-refractivity contribution in [2.24, 2.45) is 10.1 Å². The van der Waals surface area contributed by atoms with Crippen LogP contribution in [0.25, 0.3) is 0 Å². The molecule has 0 aromatic heterocycles. The van der Waals surface area contributed by atoms with Crippen LogP contribution in [0.15, 0.2) is 34.4 Å². The van der Waals surface area contributed by atoms with Gasteiger partial charge in [-0.05, 0) is 63.9 Å². The maximum atomic E-state index is 12.9. The Morgan fingerprint density at radius 1 is 1.13 bits per heavy atom. The average molecular weight is 473 g/mol. The first-order valence-electron chi connectivity index (χ1n) is 10.2. The number of hydrogen-bond acceptors (Lipinski definition) is 8. The molecule has 1 atom stereocenters. The van der Waals surface area contributed by atoms with Gasteiger partial charge in [-0.1, -0.05) is 23.7 Å². The number of hydrogen-bond donors (Lipinski definition) is 0. The Bertz CT molecular complexity index is 773. The maximum Gasteiger partial charge on any atom is 0.319 e. The highest BCUT2D eigenvalue weighted by molar-refractivity contribution is 7.49. The van der Waals surface area contributed by atoms with Crippen molar-refractivity contribution in [3.05, 3.63) is 34.9 Å². The molecule has 31 heavy (non-hydrogen) atoms. The molecular formula is C21H30ClN2O6P. The number of nitrogens with zero attached hydrogens (tertiary/aromatic N) is 2. The molecule has 2 rings (SSSR count). The van der Waals surface area contributed by atoms with E-state index >= 15 is 0 Å². The van der Waals surface area contributed by atoms with Crippen molar-refractivity contribution >= 4 is 37.7 Å². The molecule has 0 bridgehead atoms. The summed E-state index contributed by atoms with van der Waals surface area (Å²) in [4.78, 5) is 27.3. The molecule has 172 valence electrons. The lowest BCUT2D eigenvalue weighted by Crippen LogP contribution is -2.34. The molecule has 0 radical (unpaired) electrons. The third-order valence-electron chi connectivity index (χ3n) is 3.89. The number of amidine groups is 1. The summed E-state index contributed by atoms with van der Waals surface area (Å²) in [5.74, 6) is 0.261. The van der Waals surface area contributed by atoms with Gasteiger partial charge in [-0.2, -0.15) is 9.98 Å². The number of esters is 1. The third kappa shape index (κ3) is 9.11. The van der Waals surface area contributed by atoms with Crippen LogP contribution in [0.3, 0.4) is 0 Å². The van der Waals surface area contributed by atoms with Gasteiger partial charge in [-0.15, -0.1) is 0 Å². The number of aryl methyl sites for hydroxylation is 1. The summed E-state index contributed by atoms with van der Waals surface area (Å²) in [7, 11) is -1.55. The fourth-order valence-corrected chi connectivity index (χ4v) is 4.23. The number of aliphatic imine (C=N–C) groups is 1. The SMILES string of the molecule is CCOP(OCC)C(CC1=NC(CCc2ccc(Cl)cc2)=NOO1)C(=O)OC(C)(C)C. The van der Waals surface area contributed by atoms with E-state index in [1.54, 1.807) is 0 Å². The Hall–Kier alpha value is -1.73. The van der Waals surface area contributed by atoms with Crippen molar-refractivity contribution in [3.63, 3.8) is 0 Å². The van der Waals surface area contributed by atoms with E-state index in [-0.39, 0.29) is 12.3 Å². The summed E-state index contributed by atoms with van der Waals surface area (Å²) >= 11 is 5.93. The highest BCUT2D eigenvalue weighted by Crippen LogP contribution is 2.46. The lowest BCUT2D eigenvalue weighted by Gasteiger charge is -2.28. The molecule has 0 aliphatic carbocycles. The van der Waals surface area contributed by atoms with Crippen LogP contribution in [0.4, 0.5) is 0 Å². The van der Waals surface area contributed by atoms with E-state index in [2.05, 4.69) is 10.1 Å². The zero-order valence-corrected chi connectivity index (χ0v) is 20.2. The number of ether oxygens (including phenoxy) is 1. The van der Waals surface area contributed by atoms with Crippen LogP contribution < -0.4 is 0 Å². The van der Waals surface area contributed by atoms with Crippen LogP contribution in [0.5, 0.6) is 0 Å². The number of carbonyl (C=O) groups excluding carboxylic acids is 1. The molecule has 0 saturated carbocycles. The molecule has 0 amide bonds. The van der Waals surface area contributed by atoms with E-state index in [9.17, 15) is 4.79 Å². The first-order valence-corrected chi connectivity index (χ1v) is 11.8. The smallest absolute Gasteiger partial charge is 0.319 e. The Labute approximate surface area is 189 Å². The van der Waals surface area contributed by atoms with Crippen molar-refractivity contribution in [1.82, 2.24) is 0 Å². The first-order chi connectivity index (χ1) is 14.7. The summed E-state index contributed by atoms with van der Waals surface area (Å²) in [6.07, 6.45) is 1.36. The summed E-state index contributed by atoms with van der Waals surface area (Å²) in [6, 6.07) is 7.57. The largest absolute Gasteiger partial charge is 0.459 e. The summed E-state index contributed by atoms with van der Waals surface area (Å²) in [5.41, 5.74) is -0.267. The molecule has 1 unspecified atom stereocenters. The molecule has 1 aliphatic rings. The van der Waals surface area contributed by atoms with E-state index < -0.39 is 25.6 Å². The first kappa shape index (κ1) is 25.5. The highest BCUT2D eigenvalue weighted by Gasteiger charge is 2.37. The van der Waals surface area contributed by atoms with Crippen molar-refractivity contribution in [2.45, 2.75) is 65.1 Å². The zero-order valence-electron chi connectivity index (χ0n) is 18.6. The van der Waals surface area contributed by atoms with Crippen LogP contribution >= 0.6 is 20.0 Å². The lowest BCUT2D eigenvalue weighted by atomic mass is 10.1. The summed E-state index contributed by atoms with van der Waals surface area (Å²) in [5, 5.41) is 4.53. The zero-order chi connectivity index (χ0) is 22.9. The van der Waals surface area contributed by atoms with E-state index in [1.807, 2.05) is 58.9 Å². The second kappa shape index (κ2) is 12.3. The number of carbonyl (C=O) groups is 1. The van der Waals surface area contributed by atoms with Crippen LogP contribution in [0.1, 0.15) is 53.0 Å². The van der Waals surface area contributed by atoms with Gasteiger partial charge >= 0.3 is 5.97 Å². The second-order valence-corrected chi connectivity index (χ2v) is 9.82. The van der Waals surface area contributed by atoms with E-state index in [0.717, 1.165) is 5.56 Å². The molecule has 0 saturated heterocycles. The van der Waals surface area contributed by atoms with E-state index in [1.165, 1.54) is 0 Å². The van der Waals surface area contributed by atoms with Crippen molar-refractivity contribution in [1.29, 1.82) is 0 Å². The van der Waals surface area contributed by atoms with Crippen molar-refractivity contribution in [3.8, 4) is 0 Å². The quantitative estimate of drug-likeness (QED) is 0.242. The predicted octanol–water partition coefficient (Wildman–Crippen LogP) is 5.43. The predicted molar refractivity (Wildman–Crippen MR) is 121 cm³/mol. The van der Waals surface area contributed by atoms with Gasteiger partial charge in [0.1, 0.15) is 11.3 Å². The highest BCUT2D eigenvalue weighted by atomic mass is 35.5. The molecular weight excluding hydrogens is 443 g/mol. The van der Waals surface area contributed by atoms with Crippen LogP contribution in [0, 0.1) is 0 Å². The molecule has 0 fully saturated rings. The Balaban J connectivity index is 2.10. The van der Waals surface area contributed by atoms with Gasteiger partial charge in [0.25, 0.3) is 5.90 Å². The number of rotatable bonds is 11. The van der Waals surface area contributed by atoms with Crippen LogP contribution in [0.2, 0.25) is 5.02 Å². The Morgan fingerprint density at radius 2 is 1.77 bits per heavy atom. The van der Waals surface area contributed by atoms with Gasteiger partial charge in [-0.25, -0.2) is 0 Å². The van der Waals surface area contributed by atoms with Gasteiger partial charge in [0.05, 0.1) is 19.6 Å². The number of halogens is 1. The van der Waals surface area contributed by atoms with Gasteiger partial charge in [-0.3, -0.25) is 9.68 Å². The molecule has 1 aromatic carbocycles. The fourth-order valence-electron chi connectivity index (χ4n) is 2.63. The monoisotopic (exact) mass is 472 g/mol. The average Bonchev–Trinajstić information content (AvgIpc) is 2.70. The van der Waals surface area contributed by atoms with E-state index in [4.69, 9.17) is 35.3 Å². The molecule has 1 aromatic rings. The molecule has 8 nitrogen and oxygen atoms in total. The van der Waals surface area contributed by atoms with Crippen molar-refractivity contribution in [2.75, 3.05) is 13.2 Å². The molecule has 1 heterocycles. The Morgan fingerprint density at radius 3 is 2.35 bits per heavy atom. The maximum absolute atomic E-state index is 12.9. The molecule has 1 aliphatic heterocycles. The fraction of sp³-hybridized carbons (Fsp3) is 0.571. The number of oxime groups is 1. The minimum atomic E-state index is -1.55. The second-order valence-electron chi connectivity index (χ2n) is 7.67. The van der Waals surface area contributed by atoms with Gasteiger partial charge in [0, 0.05) is 11.4 Å². The van der Waals surface area contributed by atoms with Crippen LogP contribution in [-0.2, 0) is 34.9 Å². The van der Waals surface area contributed by atoms with Gasteiger partial charge in [0.2, 0.25) is 0 Å². The topological polar surface area (TPSA) is 87.9 Å². The standard InChI is InChI=1S/C21H30ClN2O6P/c1-6-26-31(27-7-2)17(20(25)28-21(3,4)5)14-19-23-18(24-30-29-19)13-10-15-8-11-16(22)12-9-15/h8-9,11-12,17H,6-7,10,13-14H2,1-5H3. The minimum absolute atomic E-state index is 0.112. The Kier molecular flexibility index (Phi) is 10.2. The minimum Gasteiger partial charge on any atom is -0.459 e. The van der Waals surface area contributed by atoms with Gasteiger partial charge in [0.15, 0.2) is 14.2 Å². The third-order valence-corrected chi connectivity index (χ3v) is 6.07. The normalized spacial score (nSPS) is 14.9. The van der Waals surface area contributed by atoms with E-state index in [0.29, 0.717) is 36.9 Å². The van der Waals surface area contributed by atoms with Gasteiger partial charge < -0.3 is 13.8 Å². The molecule has 0 spiro atoms. The summed E-state index contributed by atoms with van der Waals surface area (Å²) < 4.78 is 17.0.